The summed E-state index contributed by atoms with van der Waals surface area (Å²) in [7, 11) is 0. The Bertz CT molecular complexity index is 838. The van der Waals surface area contributed by atoms with E-state index in [-0.39, 0.29) is 0 Å². The molecule has 0 spiro atoms. The molecule has 3 aromatic rings. The van der Waals surface area contributed by atoms with Gasteiger partial charge < -0.3 is 4.90 Å². The third-order valence-corrected chi connectivity index (χ3v) is 5.60. The van der Waals surface area contributed by atoms with E-state index in [1.54, 1.807) is 11.8 Å². The van der Waals surface area contributed by atoms with Crippen molar-refractivity contribution in [2.45, 2.75) is 31.3 Å². The molecular weight excluding hydrogens is 342 g/mol. The summed E-state index contributed by atoms with van der Waals surface area (Å²) >= 11 is 1.76. The summed E-state index contributed by atoms with van der Waals surface area (Å²) < 4.78 is 2.21. The van der Waals surface area contributed by atoms with Crippen LogP contribution in [0.15, 0.2) is 53.9 Å². The number of hydrogen-bond donors (Lipinski definition) is 0. The molecule has 2 aromatic heterocycles. The van der Waals surface area contributed by atoms with Crippen molar-refractivity contribution in [1.29, 1.82) is 0 Å². The zero-order valence-electron chi connectivity index (χ0n) is 15.0. The van der Waals surface area contributed by atoms with E-state index in [0.717, 1.165) is 42.1 Å². The third-order valence-electron chi connectivity index (χ3n) is 4.67. The van der Waals surface area contributed by atoms with Gasteiger partial charge in [0, 0.05) is 31.2 Å². The van der Waals surface area contributed by atoms with Crippen molar-refractivity contribution in [3.05, 3.63) is 59.9 Å². The third kappa shape index (κ3) is 3.75. The van der Waals surface area contributed by atoms with E-state index >= 15 is 0 Å². The number of aryl methyl sites for hydroxylation is 2. The molecule has 134 valence electrons. The second-order valence-corrected chi connectivity index (χ2v) is 7.66. The summed E-state index contributed by atoms with van der Waals surface area (Å²) in [5.41, 5.74) is 3.69. The fraction of sp³-hybridized carbons (Fsp3) is 0.350. The van der Waals surface area contributed by atoms with E-state index in [1.165, 1.54) is 24.0 Å². The smallest absolute Gasteiger partial charge is 0.232 e. The van der Waals surface area contributed by atoms with E-state index in [1.807, 2.05) is 12.4 Å². The molecular formula is C20H23N5S. The lowest BCUT2D eigenvalue weighted by Crippen LogP contribution is -2.22. The molecule has 5 nitrogen and oxygen atoms in total. The fourth-order valence-corrected chi connectivity index (χ4v) is 4.14. The predicted molar refractivity (Wildman–Crippen MR) is 106 cm³/mol. The summed E-state index contributed by atoms with van der Waals surface area (Å²) in [5, 5.41) is 10.0. The maximum atomic E-state index is 4.53. The largest absolute Gasteiger partial charge is 0.341 e. The summed E-state index contributed by atoms with van der Waals surface area (Å²) in [6.45, 7) is 4.24. The Morgan fingerprint density at radius 3 is 2.42 bits per heavy atom. The number of hydrogen-bond acceptors (Lipinski definition) is 5. The van der Waals surface area contributed by atoms with Gasteiger partial charge in [-0.25, -0.2) is 0 Å². The first kappa shape index (κ1) is 17.1. The van der Waals surface area contributed by atoms with Crippen LogP contribution in [0.3, 0.4) is 0 Å². The minimum atomic E-state index is 0.963. The molecule has 0 radical (unpaired) electrons. The van der Waals surface area contributed by atoms with E-state index < -0.39 is 0 Å². The van der Waals surface area contributed by atoms with Crippen molar-refractivity contribution in [2.75, 3.05) is 23.7 Å². The second-order valence-electron chi connectivity index (χ2n) is 6.60. The van der Waals surface area contributed by atoms with Crippen LogP contribution in [0.4, 0.5) is 5.95 Å². The van der Waals surface area contributed by atoms with Gasteiger partial charge in [0.1, 0.15) is 0 Å². The van der Waals surface area contributed by atoms with E-state index in [9.17, 15) is 0 Å². The average molecular weight is 366 g/mol. The van der Waals surface area contributed by atoms with Crippen molar-refractivity contribution in [2.24, 2.45) is 0 Å². The molecule has 6 heteroatoms. The van der Waals surface area contributed by atoms with Gasteiger partial charge >= 0.3 is 0 Å². The normalized spacial score (nSPS) is 14.1. The van der Waals surface area contributed by atoms with Crippen molar-refractivity contribution >= 4 is 17.7 Å². The molecule has 0 atom stereocenters. The minimum Gasteiger partial charge on any atom is -0.341 e. The minimum absolute atomic E-state index is 0.963. The fourth-order valence-electron chi connectivity index (χ4n) is 3.21. The molecule has 0 saturated carbocycles. The van der Waals surface area contributed by atoms with Crippen LogP contribution in [-0.4, -0.2) is 38.6 Å². The number of rotatable bonds is 6. The number of anilines is 1. The van der Waals surface area contributed by atoms with Crippen LogP contribution in [-0.2, 0) is 6.42 Å². The van der Waals surface area contributed by atoms with Crippen LogP contribution >= 0.6 is 11.8 Å². The van der Waals surface area contributed by atoms with Gasteiger partial charge in [-0.1, -0.05) is 29.5 Å². The highest BCUT2D eigenvalue weighted by molar-refractivity contribution is 7.99. The Morgan fingerprint density at radius 2 is 1.69 bits per heavy atom. The highest BCUT2D eigenvalue weighted by atomic mass is 32.2. The number of benzene rings is 1. The first-order chi connectivity index (χ1) is 12.8. The highest BCUT2D eigenvalue weighted by Crippen LogP contribution is 2.29. The van der Waals surface area contributed by atoms with Gasteiger partial charge in [0.15, 0.2) is 5.16 Å². The van der Waals surface area contributed by atoms with Crippen LogP contribution in [0, 0.1) is 6.92 Å². The van der Waals surface area contributed by atoms with Crippen molar-refractivity contribution in [1.82, 2.24) is 19.7 Å². The monoisotopic (exact) mass is 365 g/mol. The predicted octanol–water partition coefficient (Wildman–Crippen LogP) is 3.91. The second kappa shape index (κ2) is 7.91. The lowest BCUT2D eigenvalue weighted by atomic mass is 10.2. The molecule has 4 rings (SSSR count). The topological polar surface area (TPSA) is 46.8 Å². The molecule has 3 heterocycles. The SMILES string of the molecule is Cc1ccc(-n2c(SCCc3ccncc3)nnc2N2CCCC2)cc1. The van der Waals surface area contributed by atoms with Crippen LogP contribution in [0.5, 0.6) is 0 Å². The summed E-state index contributed by atoms with van der Waals surface area (Å²) in [6.07, 6.45) is 7.14. The number of aromatic nitrogens is 4. The Balaban J connectivity index is 1.58. The molecule has 0 N–H and O–H groups in total. The molecule has 0 unspecified atom stereocenters. The summed E-state index contributed by atoms with van der Waals surface area (Å²) in [4.78, 5) is 6.43. The molecule has 0 amide bonds. The quantitative estimate of drug-likeness (QED) is 0.620. The van der Waals surface area contributed by atoms with Gasteiger partial charge in [-0.05, 0) is 56.0 Å². The zero-order valence-corrected chi connectivity index (χ0v) is 15.8. The van der Waals surface area contributed by atoms with Gasteiger partial charge in [0.25, 0.3) is 0 Å². The van der Waals surface area contributed by atoms with E-state index in [0.29, 0.717) is 0 Å². The molecule has 26 heavy (non-hydrogen) atoms. The maximum absolute atomic E-state index is 4.53. The van der Waals surface area contributed by atoms with Gasteiger partial charge in [0.2, 0.25) is 5.95 Å². The van der Waals surface area contributed by atoms with Crippen LogP contribution in [0.25, 0.3) is 5.69 Å². The Kier molecular flexibility index (Phi) is 5.20. The van der Waals surface area contributed by atoms with E-state index in [4.69, 9.17) is 0 Å². The van der Waals surface area contributed by atoms with Crippen molar-refractivity contribution in [3.8, 4) is 5.69 Å². The number of nitrogens with zero attached hydrogens (tertiary/aromatic N) is 5. The van der Waals surface area contributed by atoms with Gasteiger partial charge in [0.05, 0.1) is 5.69 Å². The van der Waals surface area contributed by atoms with Gasteiger partial charge in [-0.3, -0.25) is 9.55 Å². The van der Waals surface area contributed by atoms with E-state index in [2.05, 4.69) is 68.0 Å². The summed E-state index contributed by atoms with van der Waals surface area (Å²) in [6, 6.07) is 12.8. The lowest BCUT2D eigenvalue weighted by Gasteiger charge is -2.18. The van der Waals surface area contributed by atoms with Gasteiger partial charge in [-0.15, -0.1) is 10.2 Å². The molecule has 1 aliphatic rings. The highest BCUT2D eigenvalue weighted by Gasteiger charge is 2.22. The Labute approximate surface area is 158 Å². The first-order valence-corrected chi connectivity index (χ1v) is 10.1. The zero-order chi connectivity index (χ0) is 17.8. The maximum Gasteiger partial charge on any atom is 0.232 e. The molecule has 1 aliphatic heterocycles. The molecule has 1 fully saturated rings. The number of pyridine rings is 1. The average Bonchev–Trinajstić information content (AvgIpc) is 3.33. The van der Waals surface area contributed by atoms with Crippen molar-refractivity contribution in [3.63, 3.8) is 0 Å². The molecule has 0 aliphatic carbocycles. The van der Waals surface area contributed by atoms with Crippen LogP contribution in [0.2, 0.25) is 0 Å². The molecule has 1 aromatic carbocycles. The van der Waals surface area contributed by atoms with Gasteiger partial charge in [-0.2, -0.15) is 0 Å². The Morgan fingerprint density at radius 1 is 0.962 bits per heavy atom. The van der Waals surface area contributed by atoms with Crippen LogP contribution in [0.1, 0.15) is 24.0 Å². The Hall–Kier alpha value is -2.34. The molecule has 0 bridgehead atoms. The standard InChI is InChI=1S/C20H23N5S/c1-16-4-6-18(7-5-16)25-19(24-13-2-3-14-24)22-23-20(25)26-15-10-17-8-11-21-12-9-17/h4-9,11-12H,2-3,10,13-15H2,1H3. The van der Waals surface area contributed by atoms with Crippen molar-refractivity contribution < 1.29 is 0 Å². The first-order valence-electron chi connectivity index (χ1n) is 9.10. The summed E-state index contributed by atoms with van der Waals surface area (Å²) in [5.74, 6) is 1.94. The molecule has 1 saturated heterocycles. The lowest BCUT2D eigenvalue weighted by molar-refractivity contribution is 0.840. The van der Waals surface area contributed by atoms with Crippen LogP contribution < -0.4 is 4.90 Å². The number of thioether (sulfide) groups is 1.